The van der Waals surface area contributed by atoms with Crippen molar-refractivity contribution in [1.82, 2.24) is 0 Å². The van der Waals surface area contributed by atoms with Gasteiger partial charge in [-0.1, -0.05) is 58.4 Å². The molecule has 4 nitrogen and oxygen atoms in total. The standard InChI is InChI=1S/C30H48O4/c1-19(9-8-13-26(2,3)34)20-12-14-29(7)25-23(32)17-22-21(10-11-24(33)27(22,4)5)30(25,18-31)16-15-28(20,29)6/h8,13,17-21,23-25,32-34H,9-12,14-16H2,1-7H3/b13-8+/t19-,20-,21-,23+,24+,25+,28-,29+,30-/m1/s1. The summed E-state index contributed by atoms with van der Waals surface area (Å²) < 4.78 is 0. The zero-order chi connectivity index (χ0) is 25.3. The lowest BCUT2D eigenvalue weighted by Gasteiger charge is -2.66. The normalized spacial score (nSPS) is 46.9. The third-order valence-electron chi connectivity index (χ3n) is 11.4. The van der Waals surface area contributed by atoms with Gasteiger partial charge in [-0.05, 0) is 87.4 Å². The molecule has 0 aliphatic heterocycles. The molecular weight excluding hydrogens is 424 g/mol. The Hall–Kier alpha value is -0.970. The second-order valence-corrected chi connectivity index (χ2v) is 13.9. The van der Waals surface area contributed by atoms with Crippen molar-refractivity contribution in [3.63, 3.8) is 0 Å². The fraction of sp³-hybridized carbons (Fsp3) is 0.833. The topological polar surface area (TPSA) is 77.8 Å². The maximum Gasteiger partial charge on any atom is 0.127 e. The first-order valence-electron chi connectivity index (χ1n) is 13.6. The van der Waals surface area contributed by atoms with E-state index >= 15 is 0 Å². The molecule has 0 unspecified atom stereocenters. The Morgan fingerprint density at radius 2 is 1.74 bits per heavy atom. The predicted molar refractivity (Wildman–Crippen MR) is 136 cm³/mol. The Morgan fingerprint density at radius 3 is 2.35 bits per heavy atom. The van der Waals surface area contributed by atoms with Crippen LogP contribution in [0.4, 0.5) is 0 Å². The van der Waals surface area contributed by atoms with Crippen molar-refractivity contribution in [2.24, 2.45) is 45.3 Å². The van der Waals surface area contributed by atoms with Crippen LogP contribution < -0.4 is 0 Å². The van der Waals surface area contributed by atoms with Crippen LogP contribution in [0.5, 0.6) is 0 Å². The number of aliphatic hydroxyl groups excluding tert-OH is 2. The summed E-state index contributed by atoms with van der Waals surface area (Å²) in [6.07, 6.45) is 12.7. The SMILES string of the molecule is C[C@H](C/C=C/C(C)(C)O)[C@H]1CC[C@@]2(C)[C@@H]3[C@@H](O)C=C4[C@@H](CC[C@H](O)C4(C)C)[C@]3(C=O)CC[C@]12C. The fourth-order valence-electron chi connectivity index (χ4n) is 9.29. The van der Waals surface area contributed by atoms with Crippen molar-refractivity contribution >= 4 is 6.29 Å². The molecule has 4 aliphatic carbocycles. The van der Waals surface area contributed by atoms with E-state index in [4.69, 9.17) is 0 Å². The number of fused-ring (bicyclic) bond motifs is 5. The van der Waals surface area contributed by atoms with Gasteiger partial charge in [-0.3, -0.25) is 0 Å². The summed E-state index contributed by atoms with van der Waals surface area (Å²) in [4.78, 5) is 13.1. The molecule has 0 aromatic rings. The van der Waals surface area contributed by atoms with Gasteiger partial charge in [0.2, 0.25) is 0 Å². The Labute approximate surface area is 206 Å². The van der Waals surface area contributed by atoms with Gasteiger partial charge in [-0.15, -0.1) is 0 Å². The van der Waals surface area contributed by atoms with Crippen molar-refractivity contribution in [2.75, 3.05) is 0 Å². The smallest absolute Gasteiger partial charge is 0.127 e. The van der Waals surface area contributed by atoms with Crippen LogP contribution in [0, 0.1) is 45.3 Å². The molecule has 9 atom stereocenters. The van der Waals surface area contributed by atoms with Gasteiger partial charge in [0.15, 0.2) is 0 Å². The maximum atomic E-state index is 13.1. The molecule has 4 aliphatic rings. The van der Waals surface area contributed by atoms with E-state index in [0.29, 0.717) is 18.3 Å². The molecule has 192 valence electrons. The van der Waals surface area contributed by atoms with Crippen LogP contribution in [0.25, 0.3) is 0 Å². The summed E-state index contributed by atoms with van der Waals surface area (Å²) in [5.41, 5.74) is -0.705. The van der Waals surface area contributed by atoms with Crippen molar-refractivity contribution < 1.29 is 20.1 Å². The molecule has 3 saturated carbocycles. The number of carbonyl (C=O) groups excluding carboxylic acids is 1. The first-order valence-corrected chi connectivity index (χ1v) is 13.6. The van der Waals surface area contributed by atoms with Crippen LogP contribution in [-0.4, -0.2) is 39.4 Å². The average Bonchev–Trinajstić information content (AvgIpc) is 3.01. The highest BCUT2D eigenvalue weighted by molar-refractivity contribution is 5.65. The zero-order valence-electron chi connectivity index (χ0n) is 22.5. The van der Waals surface area contributed by atoms with E-state index in [0.717, 1.165) is 44.1 Å². The molecule has 4 rings (SSSR count). The number of rotatable bonds is 5. The number of carbonyl (C=O) groups is 1. The number of aliphatic hydroxyl groups is 3. The van der Waals surface area contributed by atoms with Crippen molar-refractivity contribution in [3.8, 4) is 0 Å². The molecule has 0 saturated heterocycles. The minimum Gasteiger partial charge on any atom is -0.392 e. The largest absolute Gasteiger partial charge is 0.392 e. The van der Waals surface area contributed by atoms with Crippen molar-refractivity contribution in [2.45, 2.75) is 111 Å². The van der Waals surface area contributed by atoms with Gasteiger partial charge in [-0.25, -0.2) is 0 Å². The minimum atomic E-state index is -0.792. The number of aldehydes is 1. The van der Waals surface area contributed by atoms with Gasteiger partial charge < -0.3 is 20.1 Å². The molecule has 0 aromatic carbocycles. The molecule has 0 bridgehead atoms. The van der Waals surface area contributed by atoms with Gasteiger partial charge >= 0.3 is 0 Å². The second kappa shape index (κ2) is 8.28. The van der Waals surface area contributed by atoms with Crippen LogP contribution in [-0.2, 0) is 4.79 Å². The first kappa shape index (κ1) is 26.1. The molecule has 3 N–H and O–H groups in total. The highest BCUT2D eigenvalue weighted by Crippen LogP contribution is 2.74. The molecule has 0 radical (unpaired) electrons. The van der Waals surface area contributed by atoms with Gasteiger partial charge in [0.25, 0.3) is 0 Å². The lowest BCUT2D eigenvalue weighted by molar-refractivity contribution is -0.182. The summed E-state index contributed by atoms with van der Waals surface area (Å²) in [5.74, 6) is 1.03. The van der Waals surface area contributed by atoms with Gasteiger partial charge in [0.1, 0.15) is 6.29 Å². The molecule has 0 heterocycles. The Morgan fingerprint density at radius 1 is 1.06 bits per heavy atom. The van der Waals surface area contributed by atoms with E-state index < -0.39 is 28.6 Å². The average molecular weight is 473 g/mol. The summed E-state index contributed by atoms with van der Waals surface area (Å²) in [6, 6.07) is 0. The minimum absolute atomic E-state index is 0.0577. The maximum absolute atomic E-state index is 13.1. The third-order valence-corrected chi connectivity index (χ3v) is 11.4. The highest BCUT2D eigenvalue weighted by Gasteiger charge is 2.70. The van der Waals surface area contributed by atoms with E-state index in [1.54, 1.807) is 13.8 Å². The second-order valence-electron chi connectivity index (χ2n) is 13.9. The monoisotopic (exact) mass is 472 g/mol. The van der Waals surface area contributed by atoms with E-state index in [-0.39, 0.29) is 22.7 Å². The lowest BCUT2D eigenvalue weighted by atomic mass is 9.38. The molecule has 34 heavy (non-hydrogen) atoms. The molecule has 0 spiro atoms. The number of hydrogen-bond acceptors (Lipinski definition) is 4. The zero-order valence-corrected chi connectivity index (χ0v) is 22.5. The third kappa shape index (κ3) is 3.61. The Bertz CT molecular complexity index is 866. The lowest BCUT2D eigenvalue weighted by Crippen LogP contribution is -2.64. The van der Waals surface area contributed by atoms with E-state index in [1.807, 2.05) is 12.2 Å². The first-order chi connectivity index (χ1) is 15.6. The van der Waals surface area contributed by atoms with Crippen LogP contribution >= 0.6 is 0 Å². The van der Waals surface area contributed by atoms with E-state index in [1.165, 1.54) is 6.29 Å². The van der Waals surface area contributed by atoms with Crippen LogP contribution in [0.2, 0.25) is 0 Å². The predicted octanol–water partition coefficient (Wildman–Crippen LogP) is 5.46. The van der Waals surface area contributed by atoms with E-state index in [9.17, 15) is 20.1 Å². The Balaban J connectivity index is 1.70. The van der Waals surface area contributed by atoms with E-state index in [2.05, 4.69) is 40.7 Å². The summed E-state index contributed by atoms with van der Waals surface area (Å²) in [6.45, 7) is 14.9. The number of hydrogen-bond donors (Lipinski definition) is 3. The molecule has 0 aromatic heterocycles. The van der Waals surface area contributed by atoms with Crippen LogP contribution in [0.15, 0.2) is 23.8 Å². The van der Waals surface area contributed by atoms with Crippen LogP contribution in [0.1, 0.15) is 93.4 Å². The van der Waals surface area contributed by atoms with Gasteiger partial charge in [-0.2, -0.15) is 0 Å². The summed E-state index contributed by atoms with van der Waals surface area (Å²) in [7, 11) is 0. The molecule has 4 heteroatoms. The highest BCUT2D eigenvalue weighted by atomic mass is 16.3. The molecule has 0 amide bonds. The quantitative estimate of drug-likeness (QED) is 0.367. The van der Waals surface area contributed by atoms with Gasteiger partial charge in [0, 0.05) is 16.7 Å². The summed E-state index contributed by atoms with van der Waals surface area (Å²) in [5, 5.41) is 32.5. The molecular formula is C30H48O4. The van der Waals surface area contributed by atoms with Gasteiger partial charge in [0.05, 0.1) is 17.8 Å². The fourth-order valence-corrected chi connectivity index (χ4v) is 9.29. The Kier molecular flexibility index (Phi) is 6.36. The summed E-state index contributed by atoms with van der Waals surface area (Å²) >= 11 is 0. The molecule has 3 fully saturated rings. The van der Waals surface area contributed by atoms with Crippen molar-refractivity contribution in [3.05, 3.63) is 23.8 Å². The van der Waals surface area contributed by atoms with Crippen LogP contribution in [0.3, 0.4) is 0 Å². The number of allylic oxidation sites excluding steroid dienone is 1. The van der Waals surface area contributed by atoms with Crippen molar-refractivity contribution in [1.29, 1.82) is 0 Å².